The maximum Gasteiger partial charge on any atom is 0.305 e. The largest absolute Gasteiger partial charge is 0.463 e. The monoisotopic (exact) mass is 612 g/mol. The number of carbonyl (C=O) groups is 2. The second kappa shape index (κ2) is 34.8. The van der Waals surface area contributed by atoms with Crippen LogP contribution in [0, 0.1) is 0 Å². The molecule has 0 aliphatic rings. The average Bonchev–Trinajstić information content (AvgIpc) is 3.02. The molecule has 0 aliphatic heterocycles. The fourth-order valence-corrected chi connectivity index (χ4v) is 4.21. The summed E-state index contributed by atoms with van der Waals surface area (Å²) in [7, 11) is 0. The second-order valence-corrected chi connectivity index (χ2v) is 11.3. The summed E-state index contributed by atoms with van der Waals surface area (Å²) in [5, 5.41) is 9.96. The highest BCUT2D eigenvalue weighted by molar-refractivity contribution is 5.69. The summed E-state index contributed by atoms with van der Waals surface area (Å²) in [6.07, 6.45) is 45.2. The summed E-state index contributed by atoms with van der Waals surface area (Å²) < 4.78 is 10.2. The van der Waals surface area contributed by atoms with E-state index < -0.39 is 6.10 Å². The summed E-state index contributed by atoms with van der Waals surface area (Å²) in [6, 6.07) is 0. The van der Waals surface area contributed by atoms with Gasteiger partial charge in [-0.1, -0.05) is 112 Å². The van der Waals surface area contributed by atoms with E-state index >= 15 is 0 Å². The lowest BCUT2D eigenvalue weighted by atomic mass is 10.1. The molecule has 0 saturated heterocycles. The molecule has 0 radical (unpaired) electrons. The van der Waals surface area contributed by atoms with Gasteiger partial charge in [-0.3, -0.25) is 9.59 Å². The third-order valence-corrected chi connectivity index (χ3v) is 6.91. The van der Waals surface area contributed by atoms with Crippen LogP contribution in [0.15, 0.2) is 72.9 Å². The quantitative estimate of drug-likeness (QED) is 0.0496. The number of unbranched alkanes of at least 4 members (excludes halogenated alkanes) is 10. The van der Waals surface area contributed by atoms with Crippen molar-refractivity contribution in [1.82, 2.24) is 0 Å². The molecule has 0 aromatic rings. The van der Waals surface area contributed by atoms with Gasteiger partial charge in [-0.15, -0.1) is 0 Å². The van der Waals surface area contributed by atoms with Gasteiger partial charge in [0.1, 0.15) is 19.3 Å². The number of hydrogen-bond donors (Lipinski definition) is 1. The number of hydrogen-bond acceptors (Lipinski definition) is 5. The highest BCUT2D eigenvalue weighted by Gasteiger charge is 2.11. The molecule has 5 nitrogen and oxygen atoms in total. The molecule has 0 atom stereocenters. The zero-order valence-corrected chi connectivity index (χ0v) is 28.1. The molecule has 0 aromatic heterocycles. The van der Waals surface area contributed by atoms with Crippen LogP contribution in [0.1, 0.15) is 142 Å². The molecule has 0 aliphatic carbocycles. The number of esters is 2. The van der Waals surface area contributed by atoms with Gasteiger partial charge in [-0.05, 0) is 89.9 Å². The van der Waals surface area contributed by atoms with E-state index in [4.69, 9.17) is 9.47 Å². The first-order valence-corrected chi connectivity index (χ1v) is 17.5. The van der Waals surface area contributed by atoms with E-state index in [1.165, 1.54) is 51.4 Å². The van der Waals surface area contributed by atoms with Crippen molar-refractivity contribution in [1.29, 1.82) is 0 Å². The normalized spacial score (nSPS) is 12.5. The van der Waals surface area contributed by atoms with Crippen molar-refractivity contribution in [2.24, 2.45) is 0 Å². The molecule has 0 amide bonds. The maximum atomic E-state index is 11.9. The number of aliphatic hydroxyl groups excluding tert-OH is 1. The Hall–Kier alpha value is -2.66. The van der Waals surface area contributed by atoms with Gasteiger partial charge in [0.15, 0.2) is 0 Å². The van der Waals surface area contributed by atoms with Crippen LogP contribution in [0.2, 0.25) is 0 Å². The Balaban J connectivity index is 3.62. The molecule has 0 heterocycles. The molecule has 0 bridgehead atoms. The predicted molar refractivity (Wildman–Crippen MR) is 186 cm³/mol. The van der Waals surface area contributed by atoms with Gasteiger partial charge in [0, 0.05) is 12.8 Å². The number of allylic oxidation sites excluding steroid dienone is 12. The minimum atomic E-state index is -0.997. The van der Waals surface area contributed by atoms with Crippen molar-refractivity contribution < 1.29 is 24.2 Å². The van der Waals surface area contributed by atoms with Gasteiger partial charge in [-0.2, -0.15) is 0 Å². The first-order valence-electron chi connectivity index (χ1n) is 17.5. The Kier molecular flexibility index (Phi) is 32.7. The van der Waals surface area contributed by atoms with Gasteiger partial charge in [-0.25, -0.2) is 0 Å². The lowest BCUT2D eigenvalue weighted by molar-refractivity contribution is -0.152. The Morgan fingerprint density at radius 2 is 0.773 bits per heavy atom. The van der Waals surface area contributed by atoms with Gasteiger partial charge < -0.3 is 14.6 Å². The number of rotatable bonds is 30. The first-order chi connectivity index (χ1) is 21.6. The molecular weight excluding hydrogens is 548 g/mol. The van der Waals surface area contributed by atoms with Crippen LogP contribution in [0.3, 0.4) is 0 Å². The van der Waals surface area contributed by atoms with E-state index in [-0.39, 0.29) is 25.2 Å². The molecule has 0 rings (SSSR count). The third kappa shape index (κ3) is 33.8. The van der Waals surface area contributed by atoms with Crippen LogP contribution >= 0.6 is 0 Å². The Bertz CT molecular complexity index is 765. The highest BCUT2D eigenvalue weighted by atomic mass is 16.6. The molecule has 5 heteroatoms. The van der Waals surface area contributed by atoms with Crippen LogP contribution < -0.4 is 0 Å². The maximum absolute atomic E-state index is 11.9. The van der Waals surface area contributed by atoms with E-state index in [9.17, 15) is 14.7 Å². The van der Waals surface area contributed by atoms with Crippen molar-refractivity contribution in [2.45, 2.75) is 148 Å². The summed E-state index contributed by atoms with van der Waals surface area (Å²) in [5.41, 5.74) is 0. The van der Waals surface area contributed by atoms with E-state index in [2.05, 4.69) is 86.8 Å². The number of aliphatic hydroxyl groups is 1. The lowest BCUT2D eigenvalue weighted by Gasteiger charge is -2.12. The van der Waals surface area contributed by atoms with Crippen molar-refractivity contribution in [3.05, 3.63) is 72.9 Å². The Morgan fingerprint density at radius 1 is 0.477 bits per heavy atom. The molecule has 0 saturated carbocycles. The van der Waals surface area contributed by atoms with E-state index in [0.717, 1.165) is 64.2 Å². The number of ether oxygens (including phenoxy) is 2. The topological polar surface area (TPSA) is 72.8 Å². The van der Waals surface area contributed by atoms with E-state index in [0.29, 0.717) is 12.8 Å². The zero-order valence-electron chi connectivity index (χ0n) is 28.1. The fraction of sp³-hybridized carbons (Fsp3) is 0.641. The van der Waals surface area contributed by atoms with Crippen LogP contribution in [0.25, 0.3) is 0 Å². The minimum absolute atomic E-state index is 0.152. The average molecular weight is 613 g/mol. The second-order valence-electron chi connectivity index (χ2n) is 11.3. The first kappa shape index (κ1) is 41.3. The molecule has 0 aromatic carbocycles. The SMILES string of the molecule is CCCCC/C=C/C/C=C/C/C=C/CCCCC(=O)OCC(O)COC(=O)CCCC/C=C/C/C=C/C/C=C/CCCCC. The predicted octanol–water partition coefficient (Wildman–Crippen LogP) is 10.6. The fourth-order valence-electron chi connectivity index (χ4n) is 4.21. The van der Waals surface area contributed by atoms with Crippen LogP contribution in [0.4, 0.5) is 0 Å². The highest BCUT2D eigenvalue weighted by Crippen LogP contribution is 2.06. The van der Waals surface area contributed by atoms with Crippen LogP contribution in [-0.4, -0.2) is 36.4 Å². The lowest BCUT2D eigenvalue weighted by Crippen LogP contribution is -2.25. The summed E-state index contributed by atoms with van der Waals surface area (Å²) in [4.78, 5) is 23.8. The molecule has 0 fully saturated rings. The molecule has 0 unspecified atom stereocenters. The molecule has 44 heavy (non-hydrogen) atoms. The van der Waals surface area contributed by atoms with E-state index in [1.807, 2.05) is 0 Å². The Labute approximate surface area is 270 Å². The minimum Gasteiger partial charge on any atom is -0.463 e. The summed E-state index contributed by atoms with van der Waals surface area (Å²) in [6.45, 7) is 4.15. The van der Waals surface area contributed by atoms with Gasteiger partial charge in [0.2, 0.25) is 0 Å². The van der Waals surface area contributed by atoms with E-state index in [1.54, 1.807) is 0 Å². The van der Waals surface area contributed by atoms with Crippen LogP contribution in [0.5, 0.6) is 0 Å². The zero-order chi connectivity index (χ0) is 32.2. The number of carbonyl (C=O) groups excluding carboxylic acids is 2. The molecule has 1 N–H and O–H groups in total. The van der Waals surface area contributed by atoms with Crippen LogP contribution in [-0.2, 0) is 19.1 Å². The van der Waals surface area contributed by atoms with Gasteiger partial charge in [0.05, 0.1) is 0 Å². The Morgan fingerprint density at radius 3 is 1.09 bits per heavy atom. The van der Waals surface area contributed by atoms with Crippen molar-refractivity contribution in [3.63, 3.8) is 0 Å². The van der Waals surface area contributed by atoms with Gasteiger partial charge in [0.25, 0.3) is 0 Å². The molecule has 0 spiro atoms. The molecule has 250 valence electrons. The van der Waals surface area contributed by atoms with Crippen molar-refractivity contribution in [3.8, 4) is 0 Å². The van der Waals surface area contributed by atoms with Crippen molar-refractivity contribution in [2.75, 3.05) is 13.2 Å². The summed E-state index contributed by atoms with van der Waals surface area (Å²) >= 11 is 0. The smallest absolute Gasteiger partial charge is 0.305 e. The van der Waals surface area contributed by atoms with Gasteiger partial charge >= 0.3 is 11.9 Å². The standard InChI is InChI=1S/C39H64O5/c1-3-5-7-9-11-13-15-17-19-21-23-25-27-29-31-33-38(41)43-35-37(40)36-44-39(42)34-32-30-28-26-24-22-20-18-16-14-12-10-8-6-4-2/h11-14,17-20,23-26,37,40H,3-10,15-16,21-22,27-36H2,1-2H3/b13-11+,14-12+,19-17+,20-18+,25-23+,26-24+. The van der Waals surface area contributed by atoms with Crippen molar-refractivity contribution >= 4 is 11.9 Å². The summed E-state index contributed by atoms with van der Waals surface area (Å²) in [5.74, 6) is -0.661. The molecular formula is C39H64O5. The third-order valence-electron chi connectivity index (χ3n) is 6.91.